The van der Waals surface area contributed by atoms with Crippen LogP contribution in [0.5, 0.6) is 5.75 Å². The molecule has 1 aromatic carbocycles. The molecule has 0 aliphatic carbocycles. The van der Waals surface area contributed by atoms with Crippen LogP contribution >= 0.6 is 11.6 Å². The van der Waals surface area contributed by atoms with Gasteiger partial charge in [0.2, 0.25) is 11.9 Å². The Balaban J connectivity index is 1.49. The van der Waals surface area contributed by atoms with Gasteiger partial charge in [-0.2, -0.15) is 0 Å². The SMILES string of the molecule is O=C(Cc1ccc(O)c(Cl)c1)NC[C@@H]1CCCN(c2ncccn2)C1. The van der Waals surface area contributed by atoms with E-state index in [1.807, 2.05) is 0 Å². The van der Waals surface area contributed by atoms with E-state index in [2.05, 4.69) is 20.2 Å². The predicted octanol–water partition coefficient (Wildman–Crippen LogP) is 2.41. The highest BCUT2D eigenvalue weighted by Crippen LogP contribution is 2.24. The number of benzene rings is 1. The van der Waals surface area contributed by atoms with Crippen molar-refractivity contribution in [1.82, 2.24) is 15.3 Å². The molecule has 0 bridgehead atoms. The number of rotatable bonds is 5. The standard InChI is InChI=1S/C18H21ClN4O2/c19-15-9-13(4-5-16(15)24)10-17(25)22-11-14-3-1-8-23(12-14)18-20-6-2-7-21-18/h2,4-7,9,14,24H,1,3,8,10-12H2,(H,22,25)/t14-/m0/s1. The van der Waals surface area contributed by atoms with Gasteiger partial charge in [0.1, 0.15) is 5.75 Å². The van der Waals surface area contributed by atoms with Gasteiger partial charge in [-0.3, -0.25) is 4.79 Å². The fraction of sp³-hybridized carbons (Fsp3) is 0.389. The molecule has 0 radical (unpaired) electrons. The van der Waals surface area contributed by atoms with E-state index in [0.29, 0.717) is 12.5 Å². The van der Waals surface area contributed by atoms with Crippen LogP contribution < -0.4 is 10.2 Å². The summed E-state index contributed by atoms with van der Waals surface area (Å²) >= 11 is 5.87. The highest BCUT2D eigenvalue weighted by Gasteiger charge is 2.22. The predicted molar refractivity (Wildman–Crippen MR) is 96.8 cm³/mol. The first-order chi connectivity index (χ1) is 12.1. The average Bonchev–Trinajstić information content (AvgIpc) is 2.64. The lowest BCUT2D eigenvalue weighted by Gasteiger charge is -2.32. The highest BCUT2D eigenvalue weighted by molar-refractivity contribution is 6.32. The van der Waals surface area contributed by atoms with E-state index in [1.54, 1.807) is 30.6 Å². The number of nitrogens with zero attached hydrogens (tertiary/aromatic N) is 3. The number of phenolic OH excluding ortho intramolecular Hbond substituents is 1. The first-order valence-corrected chi connectivity index (χ1v) is 8.75. The van der Waals surface area contributed by atoms with Crippen LogP contribution in [0.2, 0.25) is 5.02 Å². The quantitative estimate of drug-likeness (QED) is 0.856. The minimum absolute atomic E-state index is 0.0243. The van der Waals surface area contributed by atoms with Gasteiger partial charge in [-0.25, -0.2) is 9.97 Å². The van der Waals surface area contributed by atoms with Gasteiger partial charge in [-0.15, -0.1) is 0 Å². The van der Waals surface area contributed by atoms with Crippen LogP contribution in [0.4, 0.5) is 5.95 Å². The second-order valence-electron chi connectivity index (χ2n) is 6.27. The number of nitrogens with one attached hydrogen (secondary N) is 1. The van der Waals surface area contributed by atoms with Crippen molar-refractivity contribution in [2.75, 3.05) is 24.5 Å². The Labute approximate surface area is 151 Å². The summed E-state index contributed by atoms with van der Waals surface area (Å²) in [7, 11) is 0. The maximum atomic E-state index is 12.1. The smallest absolute Gasteiger partial charge is 0.225 e. The Morgan fingerprint density at radius 2 is 2.16 bits per heavy atom. The van der Waals surface area contributed by atoms with E-state index >= 15 is 0 Å². The molecular weight excluding hydrogens is 340 g/mol. The maximum Gasteiger partial charge on any atom is 0.225 e. The van der Waals surface area contributed by atoms with Gasteiger partial charge in [0.25, 0.3) is 0 Å². The number of hydrogen-bond donors (Lipinski definition) is 2. The third kappa shape index (κ3) is 4.82. The van der Waals surface area contributed by atoms with E-state index in [1.165, 1.54) is 6.07 Å². The van der Waals surface area contributed by atoms with Crippen molar-refractivity contribution in [2.45, 2.75) is 19.3 Å². The third-order valence-electron chi connectivity index (χ3n) is 4.32. The number of aromatic nitrogens is 2. The molecule has 6 nitrogen and oxygen atoms in total. The Hall–Kier alpha value is -2.34. The Kier molecular flexibility index (Phi) is 5.71. The van der Waals surface area contributed by atoms with Crippen LogP contribution in [0.25, 0.3) is 0 Å². The molecule has 2 heterocycles. The van der Waals surface area contributed by atoms with Crippen LogP contribution in [-0.4, -0.2) is 40.6 Å². The van der Waals surface area contributed by atoms with Crippen LogP contribution in [0, 0.1) is 5.92 Å². The molecule has 7 heteroatoms. The first-order valence-electron chi connectivity index (χ1n) is 8.38. The van der Waals surface area contributed by atoms with Crippen molar-refractivity contribution < 1.29 is 9.90 Å². The summed E-state index contributed by atoms with van der Waals surface area (Å²) in [6.45, 7) is 2.42. The van der Waals surface area contributed by atoms with E-state index in [4.69, 9.17) is 11.6 Å². The van der Waals surface area contributed by atoms with Gasteiger partial charge < -0.3 is 15.3 Å². The summed E-state index contributed by atoms with van der Waals surface area (Å²) in [6.07, 6.45) is 5.88. The summed E-state index contributed by atoms with van der Waals surface area (Å²) in [5.41, 5.74) is 0.781. The van der Waals surface area contributed by atoms with E-state index in [0.717, 1.165) is 37.4 Å². The zero-order chi connectivity index (χ0) is 17.6. The molecule has 0 unspecified atom stereocenters. The number of carbonyl (C=O) groups excluding carboxylic acids is 1. The molecule has 3 rings (SSSR count). The molecule has 1 amide bonds. The van der Waals surface area contributed by atoms with Crippen molar-refractivity contribution in [1.29, 1.82) is 0 Å². The molecule has 2 N–H and O–H groups in total. The summed E-state index contributed by atoms with van der Waals surface area (Å²) in [5, 5.41) is 12.7. The van der Waals surface area contributed by atoms with Gasteiger partial charge in [-0.1, -0.05) is 17.7 Å². The fourth-order valence-corrected chi connectivity index (χ4v) is 3.24. The zero-order valence-corrected chi connectivity index (χ0v) is 14.6. The molecule has 1 saturated heterocycles. The zero-order valence-electron chi connectivity index (χ0n) is 13.9. The summed E-state index contributed by atoms with van der Waals surface area (Å²) in [5.74, 6) is 1.10. The number of hydrogen-bond acceptors (Lipinski definition) is 5. The van der Waals surface area contributed by atoms with Crippen molar-refractivity contribution in [3.8, 4) is 5.75 Å². The van der Waals surface area contributed by atoms with Crippen molar-refractivity contribution in [2.24, 2.45) is 5.92 Å². The molecule has 1 fully saturated rings. The van der Waals surface area contributed by atoms with Gasteiger partial charge in [0.15, 0.2) is 0 Å². The van der Waals surface area contributed by atoms with E-state index in [9.17, 15) is 9.90 Å². The molecule has 1 aliphatic rings. The second kappa shape index (κ2) is 8.16. The number of aromatic hydroxyl groups is 1. The summed E-state index contributed by atoms with van der Waals surface area (Å²) in [6, 6.07) is 6.63. The lowest BCUT2D eigenvalue weighted by Crippen LogP contribution is -2.41. The largest absolute Gasteiger partial charge is 0.506 e. The minimum atomic E-state index is -0.0464. The van der Waals surface area contributed by atoms with Crippen LogP contribution in [0.3, 0.4) is 0 Å². The molecule has 25 heavy (non-hydrogen) atoms. The Morgan fingerprint density at radius 1 is 1.36 bits per heavy atom. The van der Waals surface area contributed by atoms with Gasteiger partial charge >= 0.3 is 0 Å². The third-order valence-corrected chi connectivity index (χ3v) is 4.62. The Morgan fingerprint density at radius 3 is 2.92 bits per heavy atom. The van der Waals surface area contributed by atoms with Gasteiger partial charge in [0, 0.05) is 32.0 Å². The van der Waals surface area contributed by atoms with Crippen molar-refractivity contribution in [3.05, 3.63) is 47.2 Å². The maximum absolute atomic E-state index is 12.1. The number of anilines is 1. The highest BCUT2D eigenvalue weighted by atomic mass is 35.5. The number of piperidine rings is 1. The second-order valence-corrected chi connectivity index (χ2v) is 6.68. The molecule has 0 saturated carbocycles. The summed E-state index contributed by atoms with van der Waals surface area (Å²) in [4.78, 5) is 22.9. The summed E-state index contributed by atoms with van der Waals surface area (Å²) < 4.78 is 0. The van der Waals surface area contributed by atoms with Gasteiger partial charge in [-0.05, 0) is 42.5 Å². The molecule has 132 valence electrons. The normalized spacial score (nSPS) is 17.3. The Bertz CT molecular complexity index is 726. The molecule has 1 aromatic heterocycles. The van der Waals surface area contributed by atoms with E-state index < -0.39 is 0 Å². The number of halogens is 1. The molecular formula is C18H21ClN4O2. The van der Waals surface area contributed by atoms with Crippen molar-refractivity contribution in [3.63, 3.8) is 0 Å². The monoisotopic (exact) mass is 360 g/mol. The van der Waals surface area contributed by atoms with Crippen LogP contribution in [0.15, 0.2) is 36.7 Å². The number of amides is 1. The topological polar surface area (TPSA) is 78.4 Å². The van der Waals surface area contributed by atoms with E-state index in [-0.39, 0.29) is 23.1 Å². The first kappa shape index (κ1) is 17.5. The van der Waals surface area contributed by atoms with Crippen LogP contribution in [-0.2, 0) is 11.2 Å². The average molecular weight is 361 g/mol. The minimum Gasteiger partial charge on any atom is -0.506 e. The molecule has 0 spiro atoms. The fourth-order valence-electron chi connectivity index (χ4n) is 3.03. The molecule has 1 aliphatic heterocycles. The van der Waals surface area contributed by atoms with Crippen LogP contribution in [0.1, 0.15) is 18.4 Å². The number of carbonyl (C=O) groups is 1. The lowest BCUT2D eigenvalue weighted by molar-refractivity contribution is -0.120. The van der Waals surface area contributed by atoms with Gasteiger partial charge in [0.05, 0.1) is 11.4 Å². The number of phenols is 1. The molecule has 1 atom stereocenters. The lowest BCUT2D eigenvalue weighted by atomic mass is 9.98. The molecule has 2 aromatic rings. The van der Waals surface area contributed by atoms with Crippen molar-refractivity contribution >= 4 is 23.5 Å².